The first-order chi connectivity index (χ1) is 16.2. The largest absolute Gasteiger partial charge is 0.506 e. The second-order valence-corrected chi connectivity index (χ2v) is 10.2. The van der Waals surface area contributed by atoms with Crippen LogP contribution in [0.4, 0.5) is 11.5 Å². The van der Waals surface area contributed by atoms with Gasteiger partial charge in [-0.1, -0.05) is 19.1 Å². The van der Waals surface area contributed by atoms with Crippen LogP contribution in [0.15, 0.2) is 48.8 Å². The number of thiophene rings is 1. The third-order valence-electron chi connectivity index (χ3n) is 6.86. The van der Waals surface area contributed by atoms with Crippen molar-refractivity contribution in [1.29, 1.82) is 0 Å². The van der Waals surface area contributed by atoms with Crippen molar-refractivity contribution in [3.8, 4) is 17.1 Å². The number of phenols is 1. The van der Waals surface area contributed by atoms with Gasteiger partial charge in [-0.05, 0) is 55.0 Å². The van der Waals surface area contributed by atoms with E-state index in [1.165, 1.54) is 22.2 Å². The summed E-state index contributed by atoms with van der Waals surface area (Å²) in [5.74, 6) is 2.88. The molecule has 4 aromatic rings. The van der Waals surface area contributed by atoms with E-state index in [2.05, 4.69) is 21.7 Å². The number of piperazine rings is 1. The molecule has 1 aromatic carbocycles. The zero-order valence-corrected chi connectivity index (χ0v) is 19.6. The van der Waals surface area contributed by atoms with Crippen LogP contribution in [0, 0.1) is 5.92 Å². The number of fused-ring (bicyclic) bond motifs is 3. The lowest BCUT2D eigenvalue weighted by Crippen LogP contribution is -2.47. The monoisotopic (exact) mass is 457 g/mol. The van der Waals surface area contributed by atoms with Gasteiger partial charge in [0.2, 0.25) is 0 Å². The first-order valence-corrected chi connectivity index (χ1v) is 12.5. The van der Waals surface area contributed by atoms with Crippen molar-refractivity contribution in [3.05, 3.63) is 59.2 Å². The van der Waals surface area contributed by atoms with Gasteiger partial charge < -0.3 is 14.9 Å². The number of phenolic OH excluding ortho intramolecular Hbond substituents is 1. The molecule has 168 valence electrons. The van der Waals surface area contributed by atoms with Crippen LogP contribution in [0.2, 0.25) is 0 Å². The number of hydrogen-bond donors (Lipinski definition) is 1. The molecule has 0 bridgehead atoms. The second-order valence-electron chi connectivity index (χ2n) is 9.11. The van der Waals surface area contributed by atoms with Gasteiger partial charge in [0.25, 0.3) is 0 Å². The summed E-state index contributed by atoms with van der Waals surface area (Å²) >= 11 is 1.85. The Morgan fingerprint density at radius 2 is 1.82 bits per heavy atom. The van der Waals surface area contributed by atoms with Crippen LogP contribution >= 0.6 is 11.3 Å². The molecule has 1 unspecified atom stereocenters. The Hall–Kier alpha value is -3.19. The van der Waals surface area contributed by atoms with Gasteiger partial charge in [-0.15, -0.1) is 11.3 Å². The highest BCUT2D eigenvalue weighted by Crippen LogP contribution is 2.42. The molecule has 6 nitrogen and oxygen atoms in total. The van der Waals surface area contributed by atoms with Crippen LogP contribution in [0.1, 0.15) is 23.8 Å². The van der Waals surface area contributed by atoms with Crippen molar-refractivity contribution in [2.24, 2.45) is 5.92 Å². The summed E-state index contributed by atoms with van der Waals surface area (Å²) in [6.07, 6.45) is 7.10. The van der Waals surface area contributed by atoms with Crippen molar-refractivity contribution in [3.63, 3.8) is 0 Å². The fourth-order valence-corrected chi connectivity index (χ4v) is 6.44. The van der Waals surface area contributed by atoms with E-state index in [0.29, 0.717) is 5.75 Å². The third-order valence-corrected chi connectivity index (χ3v) is 8.01. The number of pyridine rings is 1. The number of benzene rings is 1. The van der Waals surface area contributed by atoms with E-state index >= 15 is 0 Å². The summed E-state index contributed by atoms with van der Waals surface area (Å²) in [4.78, 5) is 21.7. The lowest BCUT2D eigenvalue weighted by atomic mass is 9.89. The zero-order chi connectivity index (χ0) is 22.4. The van der Waals surface area contributed by atoms with Crippen molar-refractivity contribution in [1.82, 2.24) is 15.0 Å². The second kappa shape index (κ2) is 8.30. The molecule has 1 atom stereocenters. The zero-order valence-electron chi connectivity index (χ0n) is 18.7. The molecule has 4 heterocycles. The van der Waals surface area contributed by atoms with Crippen molar-refractivity contribution >= 4 is 33.1 Å². The van der Waals surface area contributed by atoms with Crippen LogP contribution < -0.4 is 9.80 Å². The fraction of sp³-hybridized carbons (Fsp3) is 0.346. The lowest BCUT2D eigenvalue weighted by molar-refractivity contribution is 0.472. The number of anilines is 2. The molecule has 1 aliphatic heterocycles. The van der Waals surface area contributed by atoms with Crippen LogP contribution in [-0.2, 0) is 12.8 Å². The molecule has 0 spiro atoms. The van der Waals surface area contributed by atoms with Crippen LogP contribution in [0.25, 0.3) is 21.6 Å². The van der Waals surface area contributed by atoms with Crippen molar-refractivity contribution < 1.29 is 5.11 Å². The number of para-hydroxylation sites is 2. The summed E-state index contributed by atoms with van der Waals surface area (Å²) in [6, 6.07) is 11.6. The molecule has 0 saturated carbocycles. The van der Waals surface area contributed by atoms with E-state index in [9.17, 15) is 5.11 Å². The molecule has 1 saturated heterocycles. The van der Waals surface area contributed by atoms with E-state index < -0.39 is 0 Å². The molecule has 1 N–H and O–H groups in total. The predicted octanol–water partition coefficient (Wildman–Crippen LogP) is 4.91. The van der Waals surface area contributed by atoms with Crippen LogP contribution in [0.5, 0.6) is 5.75 Å². The van der Waals surface area contributed by atoms with E-state index in [1.54, 1.807) is 12.3 Å². The Bertz CT molecular complexity index is 1300. The Labute approximate surface area is 197 Å². The standard InChI is InChI=1S/C26H27N5OS/c1-17-8-9-19-22(15-17)33-26-23(19)25(28-24(29-26)18-5-4-10-27-16-18)31-13-11-30(12-14-31)20-6-2-3-7-21(20)32/h2-7,10,16-17,32H,8-9,11-15H2,1H3. The Kier molecular flexibility index (Phi) is 5.14. The molecule has 6 rings (SSSR count). The highest BCUT2D eigenvalue weighted by Gasteiger charge is 2.28. The fourth-order valence-electron chi connectivity index (χ4n) is 5.07. The average Bonchev–Trinajstić information content (AvgIpc) is 3.22. The maximum absolute atomic E-state index is 10.3. The normalized spacial score (nSPS) is 18.5. The van der Waals surface area contributed by atoms with Gasteiger partial charge in [-0.25, -0.2) is 9.97 Å². The molecular formula is C26H27N5OS. The van der Waals surface area contributed by atoms with E-state index in [0.717, 1.165) is 72.7 Å². The summed E-state index contributed by atoms with van der Waals surface area (Å²) in [5.41, 5.74) is 3.32. The van der Waals surface area contributed by atoms with E-state index in [-0.39, 0.29) is 0 Å². The molecule has 0 radical (unpaired) electrons. The first kappa shape index (κ1) is 20.4. The van der Waals surface area contributed by atoms with Crippen LogP contribution in [-0.4, -0.2) is 46.2 Å². The van der Waals surface area contributed by atoms with Crippen molar-refractivity contribution in [2.75, 3.05) is 36.0 Å². The summed E-state index contributed by atoms with van der Waals surface area (Å²) in [5, 5.41) is 11.6. The number of aromatic nitrogens is 3. The Morgan fingerprint density at radius 1 is 1.00 bits per heavy atom. The SMILES string of the molecule is CC1CCc2c(sc3nc(-c4cccnc4)nc(N4CCN(c5ccccc5O)CC4)c23)C1. The van der Waals surface area contributed by atoms with Gasteiger partial charge in [-0.2, -0.15) is 0 Å². The molecule has 1 aliphatic carbocycles. The topological polar surface area (TPSA) is 65.4 Å². The number of aryl methyl sites for hydroxylation is 1. The smallest absolute Gasteiger partial charge is 0.164 e. The highest BCUT2D eigenvalue weighted by molar-refractivity contribution is 7.19. The summed E-state index contributed by atoms with van der Waals surface area (Å²) in [6.45, 7) is 5.74. The molecule has 1 fully saturated rings. The van der Waals surface area contributed by atoms with Gasteiger partial charge in [0.1, 0.15) is 16.4 Å². The quantitative estimate of drug-likeness (QED) is 0.472. The maximum atomic E-state index is 10.3. The maximum Gasteiger partial charge on any atom is 0.164 e. The van der Waals surface area contributed by atoms with Gasteiger partial charge in [-0.3, -0.25) is 4.98 Å². The van der Waals surface area contributed by atoms with E-state index in [1.807, 2.05) is 47.9 Å². The third kappa shape index (κ3) is 3.70. The highest BCUT2D eigenvalue weighted by atomic mass is 32.1. The number of hydrogen-bond acceptors (Lipinski definition) is 7. The lowest BCUT2D eigenvalue weighted by Gasteiger charge is -2.37. The summed E-state index contributed by atoms with van der Waals surface area (Å²) < 4.78 is 0. The minimum absolute atomic E-state index is 0.343. The predicted molar refractivity (Wildman–Crippen MR) is 134 cm³/mol. The van der Waals surface area contributed by atoms with Gasteiger partial charge in [0.05, 0.1) is 11.1 Å². The minimum Gasteiger partial charge on any atom is -0.506 e. The molecular weight excluding hydrogens is 430 g/mol. The first-order valence-electron chi connectivity index (χ1n) is 11.7. The molecule has 7 heteroatoms. The average molecular weight is 458 g/mol. The number of nitrogens with zero attached hydrogens (tertiary/aromatic N) is 5. The number of aromatic hydroxyl groups is 1. The minimum atomic E-state index is 0.343. The van der Waals surface area contributed by atoms with Gasteiger partial charge in [0, 0.05) is 49.0 Å². The molecule has 3 aromatic heterocycles. The molecule has 2 aliphatic rings. The van der Waals surface area contributed by atoms with Gasteiger partial charge >= 0.3 is 0 Å². The summed E-state index contributed by atoms with van der Waals surface area (Å²) in [7, 11) is 0. The molecule has 33 heavy (non-hydrogen) atoms. The Balaban J connectivity index is 1.40. The Morgan fingerprint density at radius 3 is 2.61 bits per heavy atom. The number of rotatable bonds is 3. The van der Waals surface area contributed by atoms with Gasteiger partial charge in [0.15, 0.2) is 5.82 Å². The molecule has 0 amide bonds. The van der Waals surface area contributed by atoms with Crippen molar-refractivity contribution in [2.45, 2.75) is 26.2 Å². The van der Waals surface area contributed by atoms with E-state index in [4.69, 9.17) is 9.97 Å². The van der Waals surface area contributed by atoms with Crippen LogP contribution in [0.3, 0.4) is 0 Å².